The average molecular weight is 270 g/mol. The number of aromatic nitrogens is 2. The number of rotatable bonds is 4. The van der Waals surface area contributed by atoms with Crippen LogP contribution in [-0.4, -0.2) is 14.7 Å². The number of hydrogen-bond acceptors (Lipinski definition) is 3. The first-order chi connectivity index (χ1) is 8.52. The van der Waals surface area contributed by atoms with Crippen molar-refractivity contribution < 1.29 is 0 Å². The summed E-state index contributed by atoms with van der Waals surface area (Å²) in [6.07, 6.45) is 2.25. The lowest BCUT2D eigenvalue weighted by Crippen LogP contribution is -2.32. The predicted molar refractivity (Wildman–Crippen MR) is 72.0 cm³/mol. The SMILES string of the molecule is CCC(C)CCn1c2c(c(=O)[nH]c1=O)CC(Cl)=N2. The number of halogens is 1. The Bertz CT molecular complexity index is 600. The number of hydrogen-bond donors (Lipinski definition) is 1. The molecule has 2 rings (SSSR count). The van der Waals surface area contributed by atoms with Crippen LogP contribution in [-0.2, 0) is 13.0 Å². The highest BCUT2D eigenvalue weighted by molar-refractivity contribution is 6.66. The molecule has 2 heterocycles. The molecule has 1 atom stereocenters. The fourth-order valence-corrected chi connectivity index (χ4v) is 2.16. The molecule has 1 N–H and O–H groups in total. The van der Waals surface area contributed by atoms with Crippen LogP contribution in [0.4, 0.5) is 5.82 Å². The number of aliphatic imine (C=N–C) groups is 1. The summed E-state index contributed by atoms with van der Waals surface area (Å²) in [4.78, 5) is 29.8. The summed E-state index contributed by atoms with van der Waals surface area (Å²) in [6, 6.07) is 0. The van der Waals surface area contributed by atoms with E-state index in [1.807, 2.05) is 0 Å². The van der Waals surface area contributed by atoms with E-state index in [-0.39, 0.29) is 5.56 Å². The van der Waals surface area contributed by atoms with Crippen molar-refractivity contribution in [1.29, 1.82) is 0 Å². The van der Waals surface area contributed by atoms with Crippen molar-refractivity contribution in [2.24, 2.45) is 10.9 Å². The molecular formula is C12H16ClN3O2. The Kier molecular flexibility index (Phi) is 3.71. The topological polar surface area (TPSA) is 67.2 Å². The molecule has 1 aliphatic rings. The molecule has 0 amide bonds. The molecule has 1 unspecified atom stereocenters. The minimum Gasteiger partial charge on any atom is -0.278 e. The quantitative estimate of drug-likeness (QED) is 0.906. The summed E-state index contributed by atoms with van der Waals surface area (Å²) in [6.45, 7) is 4.80. The van der Waals surface area contributed by atoms with Crippen LogP contribution in [0.25, 0.3) is 0 Å². The van der Waals surface area contributed by atoms with E-state index in [1.54, 1.807) is 0 Å². The highest BCUT2D eigenvalue weighted by Crippen LogP contribution is 2.24. The third-order valence-corrected chi connectivity index (χ3v) is 3.58. The molecule has 0 radical (unpaired) electrons. The van der Waals surface area contributed by atoms with Crippen LogP contribution in [0.1, 0.15) is 32.3 Å². The number of nitrogens with zero attached hydrogens (tertiary/aromatic N) is 2. The minimum atomic E-state index is -0.405. The molecule has 5 nitrogen and oxygen atoms in total. The lowest BCUT2D eigenvalue weighted by atomic mass is 10.1. The second-order valence-electron chi connectivity index (χ2n) is 4.68. The summed E-state index contributed by atoms with van der Waals surface area (Å²) in [5, 5.41) is 0.360. The van der Waals surface area contributed by atoms with Gasteiger partial charge in [-0.15, -0.1) is 0 Å². The van der Waals surface area contributed by atoms with E-state index in [1.165, 1.54) is 4.57 Å². The van der Waals surface area contributed by atoms with Gasteiger partial charge in [0.2, 0.25) is 0 Å². The van der Waals surface area contributed by atoms with Gasteiger partial charge in [0.25, 0.3) is 5.56 Å². The van der Waals surface area contributed by atoms with E-state index in [2.05, 4.69) is 23.8 Å². The Morgan fingerprint density at radius 1 is 1.50 bits per heavy atom. The highest BCUT2D eigenvalue weighted by Gasteiger charge is 2.21. The molecular weight excluding hydrogens is 254 g/mol. The maximum Gasteiger partial charge on any atom is 0.329 e. The van der Waals surface area contributed by atoms with Crippen LogP contribution >= 0.6 is 11.6 Å². The van der Waals surface area contributed by atoms with E-state index in [4.69, 9.17) is 11.6 Å². The zero-order valence-corrected chi connectivity index (χ0v) is 11.3. The molecule has 0 bridgehead atoms. The largest absolute Gasteiger partial charge is 0.329 e. The van der Waals surface area contributed by atoms with Crippen LogP contribution in [0.5, 0.6) is 0 Å². The average Bonchev–Trinajstić information content (AvgIpc) is 2.70. The van der Waals surface area contributed by atoms with Gasteiger partial charge in [0.1, 0.15) is 11.0 Å². The van der Waals surface area contributed by atoms with Crippen LogP contribution in [0.15, 0.2) is 14.6 Å². The fraction of sp³-hybridized carbons (Fsp3) is 0.583. The van der Waals surface area contributed by atoms with Crippen molar-refractivity contribution >= 4 is 22.6 Å². The Balaban J connectivity index is 2.39. The lowest BCUT2D eigenvalue weighted by Gasteiger charge is -2.12. The first kappa shape index (κ1) is 13.1. The van der Waals surface area contributed by atoms with Crippen molar-refractivity contribution in [3.63, 3.8) is 0 Å². The van der Waals surface area contributed by atoms with E-state index in [0.717, 1.165) is 12.8 Å². The van der Waals surface area contributed by atoms with Crippen LogP contribution < -0.4 is 11.2 Å². The molecule has 98 valence electrons. The second kappa shape index (κ2) is 5.10. The molecule has 18 heavy (non-hydrogen) atoms. The van der Waals surface area contributed by atoms with Crippen LogP contribution in [0.3, 0.4) is 0 Å². The molecule has 0 fully saturated rings. The van der Waals surface area contributed by atoms with Crippen LogP contribution in [0.2, 0.25) is 0 Å². The molecule has 0 spiro atoms. The van der Waals surface area contributed by atoms with Crippen molar-refractivity contribution in [2.75, 3.05) is 0 Å². The zero-order valence-electron chi connectivity index (χ0n) is 10.5. The fourth-order valence-electron chi connectivity index (χ4n) is 1.95. The van der Waals surface area contributed by atoms with E-state index in [0.29, 0.717) is 35.4 Å². The van der Waals surface area contributed by atoms with Crippen LogP contribution in [0, 0.1) is 5.92 Å². The van der Waals surface area contributed by atoms with E-state index >= 15 is 0 Å². The zero-order chi connectivity index (χ0) is 13.3. The second-order valence-corrected chi connectivity index (χ2v) is 5.12. The van der Waals surface area contributed by atoms with Gasteiger partial charge in [0, 0.05) is 13.0 Å². The van der Waals surface area contributed by atoms with Crippen molar-refractivity contribution in [3.8, 4) is 0 Å². The van der Waals surface area contributed by atoms with Gasteiger partial charge < -0.3 is 0 Å². The first-order valence-electron chi connectivity index (χ1n) is 6.12. The number of H-pyrrole nitrogens is 1. The molecule has 0 saturated heterocycles. The number of nitrogens with one attached hydrogen (secondary N) is 1. The van der Waals surface area contributed by atoms with Gasteiger partial charge in [-0.25, -0.2) is 9.79 Å². The van der Waals surface area contributed by atoms with Gasteiger partial charge in [0.15, 0.2) is 0 Å². The van der Waals surface area contributed by atoms with Gasteiger partial charge >= 0.3 is 5.69 Å². The lowest BCUT2D eigenvalue weighted by molar-refractivity contribution is 0.460. The van der Waals surface area contributed by atoms with Gasteiger partial charge in [-0.1, -0.05) is 31.9 Å². The van der Waals surface area contributed by atoms with Crippen molar-refractivity contribution in [2.45, 2.75) is 39.7 Å². The minimum absolute atomic E-state index is 0.315. The Morgan fingerprint density at radius 2 is 2.22 bits per heavy atom. The van der Waals surface area contributed by atoms with Gasteiger partial charge in [0.05, 0.1) is 5.56 Å². The summed E-state index contributed by atoms with van der Waals surface area (Å²) < 4.78 is 1.51. The Morgan fingerprint density at radius 3 is 2.89 bits per heavy atom. The molecule has 1 aliphatic heterocycles. The third kappa shape index (κ3) is 2.41. The summed E-state index contributed by atoms with van der Waals surface area (Å²) in [7, 11) is 0. The standard InChI is InChI=1S/C12H16ClN3O2/c1-3-7(2)4-5-16-10-8(6-9(13)14-10)11(17)15-12(16)18/h7H,3-6H2,1-2H3,(H,15,17,18). The molecule has 1 aromatic heterocycles. The normalized spacial score (nSPS) is 15.4. The summed E-state index contributed by atoms with van der Waals surface area (Å²) >= 11 is 5.85. The Labute approximate surface area is 110 Å². The molecule has 0 aliphatic carbocycles. The van der Waals surface area contributed by atoms with Gasteiger partial charge in [-0.2, -0.15) is 0 Å². The number of aromatic amines is 1. The van der Waals surface area contributed by atoms with E-state index in [9.17, 15) is 9.59 Å². The maximum absolute atomic E-state index is 11.8. The maximum atomic E-state index is 11.8. The Hall–Kier alpha value is -1.36. The summed E-state index contributed by atoms with van der Waals surface area (Å²) in [5.41, 5.74) is -0.296. The smallest absolute Gasteiger partial charge is 0.278 e. The first-order valence-corrected chi connectivity index (χ1v) is 6.49. The monoisotopic (exact) mass is 269 g/mol. The van der Waals surface area contributed by atoms with Crippen molar-refractivity contribution in [3.05, 3.63) is 26.4 Å². The molecule has 0 saturated carbocycles. The molecule has 6 heteroatoms. The molecule has 1 aromatic rings. The summed E-state index contributed by atoms with van der Waals surface area (Å²) in [5.74, 6) is 0.956. The predicted octanol–water partition coefficient (Wildman–Crippen LogP) is 1.80. The highest BCUT2D eigenvalue weighted by atomic mass is 35.5. The third-order valence-electron chi connectivity index (χ3n) is 3.36. The van der Waals surface area contributed by atoms with Gasteiger partial charge in [-0.3, -0.25) is 14.3 Å². The van der Waals surface area contributed by atoms with Gasteiger partial charge in [-0.05, 0) is 12.3 Å². The van der Waals surface area contributed by atoms with Crippen molar-refractivity contribution in [1.82, 2.24) is 9.55 Å². The number of fused-ring (bicyclic) bond motifs is 1. The molecule has 0 aromatic carbocycles. The van der Waals surface area contributed by atoms with E-state index < -0.39 is 5.69 Å².